The van der Waals surface area contributed by atoms with Crippen molar-refractivity contribution in [3.8, 4) is 0 Å². The summed E-state index contributed by atoms with van der Waals surface area (Å²) in [6.45, 7) is 5.41. The number of thiazole rings is 1. The number of anilines is 1. The number of hydrogen-bond acceptors (Lipinski definition) is 4. The lowest BCUT2D eigenvalue weighted by molar-refractivity contribution is 0.0702. The summed E-state index contributed by atoms with van der Waals surface area (Å²) in [5.74, 6) is -0.139. The van der Waals surface area contributed by atoms with Crippen molar-refractivity contribution in [2.75, 3.05) is 11.9 Å². The van der Waals surface area contributed by atoms with Crippen LogP contribution in [0.1, 0.15) is 49.2 Å². The van der Waals surface area contributed by atoms with E-state index < -0.39 is 5.97 Å². The Hall–Kier alpha value is -1.10. The van der Waals surface area contributed by atoms with E-state index in [4.69, 9.17) is 5.11 Å². The minimum absolute atomic E-state index is 0.242. The van der Waals surface area contributed by atoms with Crippen molar-refractivity contribution in [1.29, 1.82) is 0 Å². The molecular weight excluding hydrogens is 248 g/mol. The molecule has 0 saturated heterocycles. The average molecular weight is 268 g/mol. The number of hydrogen-bond donors (Lipinski definition) is 2. The minimum atomic E-state index is -0.907. The molecule has 1 fully saturated rings. The Morgan fingerprint density at radius 2 is 2.22 bits per heavy atom. The predicted molar refractivity (Wildman–Crippen MR) is 73.3 cm³/mol. The Kier molecular flexibility index (Phi) is 3.90. The van der Waals surface area contributed by atoms with E-state index in [0.717, 1.165) is 12.5 Å². The van der Waals surface area contributed by atoms with Gasteiger partial charge in [0.2, 0.25) is 0 Å². The highest BCUT2D eigenvalue weighted by Crippen LogP contribution is 2.39. The lowest BCUT2D eigenvalue weighted by atomic mass is 9.78. The first kappa shape index (κ1) is 13.3. The molecule has 1 saturated carbocycles. The number of carboxylic acids is 1. The van der Waals surface area contributed by atoms with Gasteiger partial charge in [0.1, 0.15) is 4.88 Å². The monoisotopic (exact) mass is 268 g/mol. The van der Waals surface area contributed by atoms with Crippen LogP contribution in [-0.2, 0) is 0 Å². The van der Waals surface area contributed by atoms with Gasteiger partial charge in [0, 0.05) is 6.54 Å². The van der Waals surface area contributed by atoms with Crippen LogP contribution in [0.15, 0.2) is 6.20 Å². The molecule has 0 bridgehead atoms. The summed E-state index contributed by atoms with van der Waals surface area (Å²) in [5.41, 5.74) is 0.242. The number of rotatable bonds is 5. The number of nitrogens with zero attached hydrogens (tertiary/aromatic N) is 1. The normalized spacial score (nSPS) is 17.0. The second-order valence-electron chi connectivity index (χ2n) is 5.66. The van der Waals surface area contributed by atoms with Gasteiger partial charge >= 0.3 is 5.97 Å². The second kappa shape index (κ2) is 5.26. The maximum Gasteiger partial charge on any atom is 0.347 e. The molecule has 0 atom stereocenters. The van der Waals surface area contributed by atoms with Crippen LogP contribution in [0.3, 0.4) is 0 Å². The van der Waals surface area contributed by atoms with E-state index in [0.29, 0.717) is 5.13 Å². The van der Waals surface area contributed by atoms with E-state index in [9.17, 15) is 4.79 Å². The van der Waals surface area contributed by atoms with Gasteiger partial charge in [-0.25, -0.2) is 9.78 Å². The molecular formula is C13H20N2O2S. The van der Waals surface area contributed by atoms with Crippen molar-refractivity contribution in [1.82, 2.24) is 4.98 Å². The van der Waals surface area contributed by atoms with Crippen LogP contribution in [0.2, 0.25) is 0 Å². The summed E-state index contributed by atoms with van der Waals surface area (Å²) in [4.78, 5) is 15.1. The maximum absolute atomic E-state index is 10.8. The molecule has 18 heavy (non-hydrogen) atoms. The highest BCUT2D eigenvalue weighted by molar-refractivity contribution is 7.17. The third-order valence-corrected chi connectivity index (χ3v) is 4.82. The van der Waals surface area contributed by atoms with Crippen LogP contribution >= 0.6 is 11.3 Å². The van der Waals surface area contributed by atoms with Crippen LogP contribution in [0, 0.1) is 11.3 Å². The number of aromatic carboxylic acids is 1. The lowest BCUT2D eigenvalue weighted by Crippen LogP contribution is -2.30. The quantitative estimate of drug-likeness (QED) is 0.858. The summed E-state index contributed by atoms with van der Waals surface area (Å²) in [6.07, 6.45) is 6.72. The standard InChI is InChI=1S/C13H20N2O2S/c1-13(2,9-5-3-4-6-9)8-15-12-14-7-10(18-12)11(16)17/h7,9H,3-6,8H2,1-2H3,(H,14,15)(H,16,17). The minimum Gasteiger partial charge on any atom is -0.477 e. The molecule has 0 spiro atoms. The molecule has 0 radical (unpaired) electrons. The topological polar surface area (TPSA) is 62.2 Å². The zero-order chi connectivity index (χ0) is 13.2. The van der Waals surface area contributed by atoms with E-state index in [1.807, 2.05) is 0 Å². The molecule has 100 valence electrons. The van der Waals surface area contributed by atoms with Gasteiger partial charge in [-0.2, -0.15) is 0 Å². The fourth-order valence-electron chi connectivity index (χ4n) is 2.61. The highest BCUT2D eigenvalue weighted by Gasteiger charge is 2.31. The van der Waals surface area contributed by atoms with Gasteiger partial charge in [-0.05, 0) is 24.2 Å². The van der Waals surface area contributed by atoms with Gasteiger partial charge in [-0.3, -0.25) is 0 Å². The van der Waals surface area contributed by atoms with Gasteiger partial charge in [-0.15, -0.1) is 0 Å². The second-order valence-corrected chi connectivity index (χ2v) is 6.69. The molecule has 0 amide bonds. The number of nitrogens with one attached hydrogen (secondary N) is 1. The molecule has 1 heterocycles. The number of carboxylic acid groups (broad SMARTS) is 1. The summed E-state index contributed by atoms with van der Waals surface area (Å²) in [7, 11) is 0. The average Bonchev–Trinajstić information content (AvgIpc) is 2.98. The number of aromatic nitrogens is 1. The van der Waals surface area contributed by atoms with Gasteiger partial charge < -0.3 is 10.4 Å². The molecule has 1 aliphatic rings. The smallest absolute Gasteiger partial charge is 0.347 e. The van der Waals surface area contributed by atoms with E-state index >= 15 is 0 Å². The fraction of sp³-hybridized carbons (Fsp3) is 0.692. The number of carbonyl (C=O) groups is 1. The van der Waals surface area contributed by atoms with Crippen LogP contribution in [0.5, 0.6) is 0 Å². The molecule has 4 nitrogen and oxygen atoms in total. The van der Waals surface area contributed by atoms with Crippen LogP contribution in [0.4, 0.5) is 5.13 Å². The molecule has 0 unspecified atom stereocenters. The Labute approximate surface area is 111 Å². The molecule has 1 aliphatic carbocycles. The van der Waals surface area contributed by atoms with Crippen LogP contribution < -0.4 is 5.32 Å². The summed E-state index contributed by atoms with van der Waals surface area (Å²) >= 11 is 1.20. The van der Waals surface area contributed by atoms with Gasteiger partial charge in [0.25, 0.3) is 0 Å². The summed E-state index contributed by atoms with van der Waals surface area (Å²) < 4.78 is 0. The SMILES string of the molecule is CC(C)(CNc1ncc(C(=O)O)s1)C1CCCC1. The Bertz CT molecular complexity index is 422. The largest absolute Gasteiger partial charge is 0.477 e. The van der Waals surface area contributed by atoms with Gasteiger partial charge in [0.05, 0.1) is 6.20 Å². The lowest BCUT2D eigenvalue weighted by Gasteiger charge is -2.31. The van der Waals surface area contributed by atoms with E-state index in [2.05, 4.69) is 24.1 Å². The highest BCUT2D eigenvalue weighted by atomic mass is 32.1. The summed E-state index contributed by atoms with van der Waals surface area (Å²) in [5, 5.41) is 12.8. The van der Waals surface area contributed by atoms with Gasteiger partial charge in [0.15, 0.2) is 5.13 Å². The van der Waals surface area contributed by atoms with E-state index in [1.165, 1.54) is 43.2 Å². The van der Waals surface area contributed by atoms with Crippen molar-refractivity contribution < 1.29 is 9.90 Å². The third-order valence-electron chi connectivity index (χ3n) is 3.87. The third kappa shape index (κ3) is 3.02. The Balaban J connectivity index is 1.91. The van der Waals surface area contributed by atoms with Gasteiger partial charge in [-0.1, -0.05) is 38.0 Å². The van der Waals surface area contributed by atoms with Crippen molar-refractivity contribution >= 4 is 22.4 Å². The molecule has 0 aliphatic heterocycles. The van der Waals surface area contributed by atoms with E-state index in [-0.39, 0.29) is 10.3 Å². The zero-order valence-corrected chi connectivity index (χ0v) is 11.7. The van der Waals surface area contributed by atoms with Crippen LogP contribution in [-0.4, -0.2) is 22.6 Å². The predicted octanol–water partition coefficient (Wildman–Crippen LogP) is 3.47. The molecule has 1 aromatic rings. The van der Waals surface area contributed by atoms with E-state index in [1.54, 1.807) is 0 Å². The first-order valence-corrected chi connectivity index (χ1v) is 7.24. The fourth-order valence-corrected chi connectivity index (χ4v) is 3.26. The van der Waals surface area contributed by atoms with Crippen LogP contribution in [0.25, 0.3) is 0 Å². The molecule has 0 aromatic carbocycles. The molecule has 1 aromatic heterocycles. The van der Waals surface area contributed by atoms with Crippen molar-refractivity contribution in [2.24, 2.45) is 11.3 Å². The molecule has 2 N–H and O–H groups in total. The molecule has 5 heteroatoms. The summed E-state index contributed by atoms with van der Waals surface area (Å²) in [6, 6.07) is 0. The van der Waals surface area contributed by atoms with Crippen molar-refractivity contribution in [3.05, 3.63) is 11.1 Å². The maximum atomic E-state index is 10.8. The van der Waals surface area contributed by atoms with Crippen molar-refractivity contribution in [2.45, 2.75) is 39.5 Å². The molecule has 2 rings (SSSR count). The first-order chi connectivity index (χ1) is 8.49. The van der Waals surface area contributed by atoms with Crippen molar-refractivity contribution in [3.63, 3.8) is 0 Å². The Morgan fingerprint density at radius 1 is 1.56 bits per heavy atom. The Morgan fingerprint density at radius 3 is 2.78 bits per heavy atom. The zero-order valence-electron chi connectivity index (χ0n) is 10.9. The first-order valence-electron chi connectivity index (χ1n) is 6.42.